The predicted molar refractivity (Wildman–Crippen MR) is 33.1 cm³/mol. The van der Waals surface area contributed by atoms with Crippen LogP contribution < -0.4 is 5.73 Å². The van der Waals surface area contributed by atoms with Gasteiger partial charge in [0, 0.05) is 0 Å². The van der Waals surface area contributed by atoms with E-state index in [1.807, 2.05) is 13.8 Å². The largest absolute Gasteiger partial charge is 0.321 e. The average Bonchev–Trinajstić information content (AvgIpc) is 1.84. The van der Waals surface area contributed by atoms with E-state index >= 15 is 0 Å². The van der Waals surface area contributed by atoms with Gasteiger partial charge >= 0.3 is 0 Å². The molecule has 0 heterocycles. The molecule has 0 unspecified atom stereocenters. The van der Waals surface area contributed by atoms with Crippen LogP contribution >= 0.6 is 0 Å². The Balaban J connectivity index is 3.44. The molecule has 0 aliphatic heterocycles. The van der Waals surface area contributed by atoms with Gasteiger partial charge in [0.05, 0.1) is 6.04 Å². The Morgan fingerprint density at radius 1 is 1.75 bits per heavy atom. The number of carbonyl (C=O) groups excluding carboxylic acids is 1. The van der Waals surface area contributed by atoms with E-state index in [1.165, 1.54) is 0 Å². The third-order valence-corrected chi connectivity index (χ3v) is 1.39. The summed E-state index contributed by atoms with van der Waals surface area (Å²) in [6.07, 6.45) is 2.68. The zero-order valence-corrected chi connectivity index (χ0v) is 5.35. The minimum absolute atomic E-state index is 0.271. The van der Waals surface area contributed by atoms with Crippen molar-refractivity contribution >= 4 is 6.29 Å². The Morgan fingerprint density at radius 2 is 2.25 bits per heavy atom. The lowest BCUT2D eigenvalue weighted by atomic mass is 10.0. The van der Waals surface area contributed by atoms with E-state index < -0.39 is 0 Å². The van der Waals surface area contributed by atoms with Gasteiger partial charge in [-0.15, -0.1) is 0 Å². The molecular weight excluding hydrogens is 102 g/mol. The van der Waals surface area contributed by atoms with E-state index in [-0.39, 0.29) is 12.0 Å². The summed E-state index contributed by atoms with van der Waals surface area (Å²) in [6, 6.07) is -0.389. The van der Waals surface area contributed by atoms with Crippen LogP contribution in [-0.4, -0.2) is 12.3 Å². The monoisotopic (exact) mass is 114 g/mol. The molecule has 47 valence electrons. The van der Waals surface area contributed by atoms with Gasteiger partial charge in [0.2, 0.25) is 6.29 Å². The fraction of sp³-hybridized carbons (Fsp3) is 0.833. The van der Waals surface area contributed by atoms with E-state index in [2.05, 4.69) is 0 Å². The zero-order valence-electron chi connectivity index (χ0n) is 5.35. The lowest BCUT2D eigenvalue weighted by Crippen LogP contribution is -2.28. The molecule has 0 aromatic heterocycles. The maximum atomic E-state index is 9.86. The molecule has 1 radical (unpaired) electrons. The second-order valence-corrected chi connectivity index (χ2v) is 2.03. The van der Waals surface area contributed by atoms with Crippen LogP contribution in [0.5, 0.6) is 0 Å². The number of nitrogens with two attached hydrogens (primary N) is 1. The third-order valence-electron chi connectivity index (χ3n) is 1.39. The lowest BCUT2D eigenvalue weighted by molar-refractivity contribution is 0.477. The van der Waals surface area contributed by atoms with Crippen molar-refractivity contribution in [1.29, 1.82) is 0 Å². The fourth-order valence-corrected chi connectivity index (χ4v) is 0.370. The van der Waals surface area contributed by atoms with Gasteiger partial charge in [-0.2, -0.15) is 0 Å². The van der Waals surface area contributed by atoms with Crippen LogP contribution in [0.4, 0.5) is 0 Å². The highest BCUT2D eigenvalue weighted by Crippen LogP contribution is 2.01. The molecule has 0 saturated heterocycles. The summed E-state index contributed by atoms with van der Waals surface area (Å²) in [5.74, 6) is 0.271. The quantitative estimate of drug-likeness (QED) is 0.579. The minimum atomic E-state index is -0.389. The van der Waals surface area contributed by atoms with E-state index in [4.69, 9.17) is 5.73 Å². The van der Waals surface area contributed by atoms with Crippen molar-refractivity contribution in [2.75, 3.05) is 0 Å². The Bertz CT molecular complexity index is 72.9. The van der Waals surface area contributed by atoms with Crippen molar-refractivity contribution in [2.24, 2.45) is 11.7 Å². The van der Waals surface area contributed by atoms with E-state index in [9.17, 15) is 4.79 Å². The Morgan fingerprint density at radius 3 is 2.38 bits per heavy atom. The van der Waals surface area contributed by atoms with Gasteiger partial charge in [-0.1, -0.05) is 20.3 Å². The summed E-state index contributed by atoms with van der Waals surface area (Å²) in [4.78, 5) is 9.86. The summed E-state index contributed by atoms with van der Waals surface area (Å²) in [5, 5.41) is 0. The smallest absolute Gasteiger partial charge is 0.216 e. The standard InChI is InChI=1S/C6H12NO/c1-3-5(2)6(7)4-8/h5-6H,3,7H2,1-2H3/t5-,6+/m1/s1. The first-order chi connectivity index (χ1) is 3.72. The molecule has 0 saturated carbocycles. The van der Waals surface area contributed by atoms with Gasteiger partial charge in [0.15, 0.2) is 0 Å². The van der Waals surface area contributed by atoms with Crippen molar-refractivity contribution in [1.82, 2.24) is 0 Å². The molecule has 0 aliphatic carbocycles. The van der Waals surface area contributed by atoms with Gasteiger partial charge in [0.1, 0.15) is 0 Å². The normalized spacial score (nSPS) is 17.4. The van der Waals surface area contributed by atoms with Crippen LogP contribution in [-0.2, 0) is 4.79 Å². The van der Waals surface area contributed by atoms with E-state index in [1.54, 1.807) is 6.29 Å². The molecule has 0 rings (SSSR count). The molecule has 2 N–H and O–H groups in total. The number of hydrogen-bond donors (Lipinski definition) is 1. The van der Waals surface area contributed by atoms with Crippen molar-refractivity contribution in [3.8, 4) is 0 Å². The van der Waals surface area contributed by atoms with Crippen LogP contribution in [0.15, 0.2) is 0 Å². The number of hydrogen-bond acceptors (Lipinski definition) is 2. The molecule has 2 nitrogen and oxygen atoms in total. The van der Waals surface area contributed by atoms with Crippen LogP contribution in [0, 0.1) is 5.92 Å². The molecule has 2 atom stereocenters. The first-order valence-corrected chi connectivity index (χ1v) is 2.85. The molecule has 0 fully saturated rings. The first kappa shape index (κ1) is 7.63. The molecule has 0 spiro atoms. The summed E-state index contributed by atoms with van der Waals surface area (Å²) in [6.45, 7) is 3.94. The molecule has 2 heteroatoms. The molecule has 8 heavy (non-hydrogen) atoms. The highest BCUT2D eigenvalue weighted by molar-refractivity contribution is 5.58. The fourth-order valence-electron chi connectivity index (χ4n) is 0.370. The van der Waals surface area contributed by atoms with E-state index in [0.29, 0.717) is 0 Å². The lowest BCUT2D eigenvalue weighted by Gasteiger charge is -2.08. The van der Waals surface area contributed by atoms with Crippen LogP contribution in [0.1, 0.15) is 20.3 Å². The summed E-state index contributed by atoms with van der Waals surface area (Å²) >= 11 is 0. The van der Waals surface area contributed by atoms with Crippen LogP contribution in [0.25, 0.3) is 0 Å². The van der Waals surface area contributed by atoms with Crippen molar-refractivity contribution < 1.29 is 4.79 Å². The first-order valence-electron chi connectivity index (χ1n) is 2.85. The highest BCUT2D eigenvalue weighted by Gasteiger charge is 2.08. The molecule has 0 aromatic rings. The van der Waals surface area contributed by atoms with Gasteiger partial charge in [-0.3, -0.25) is 4.79 Å². The van der Waals surface area contributed by atoms with Gasteiger partial charge < -0.3 is 5.73 Å². The second-order valence-electron chi connectivity index (χ2n) is 2.03. The van der Waals surface area contributed by atoms with Crippen LogP contribution in [0.3, 0.4) is 0 Å². The molecular formula is C6H12NO. The topological polar surface area (TPSA) is 43.1 Å². The third kappa shape index (κ3) is 2.07. The molecule has 0 aliphatic rings. The van der Waals surface area contributed by atoms with Crippen LogP contribution in [0.2, 0.25) is 0 Å². The molecule has 0 amide bonds. The Hall–Kier alpha value is -0.370. The van der Waals surface area contributed by atoms with Crippen molar-refractivity contribution in [3.63, 3.8) is 0 Å². The Labute approximate surface area is 50.1 Å². The second kappa shape index (κ2) is 3.61. The summed E-state index contributed by atoms with van der Waals surface area (Å²) in [7, 11) is 0. The molecule has 0 aromatic carbocycles. The summed E-state index contributed by atoms with van der Waals surface area (Å²) in [5.41, 5.74) is 5.30. The van der Waals surface area contributed by atoms with Gasteiger partial charge in [-0.05, 0) is 5.92 Å². The average molecular weight is 114 g/mol. The predicted octanol–water partition coefficient (Wildman–Crippen LogP) is 0.470. The minimum Gasteiger partial charge on any atom is -0.321 e. The SMILES string of the molecule is CC[C@@H](C)[C@@H](N)[C]=O. The van der Waals surface area contributed by atoms with Crippen molar-refractivity contribution in [2.45, 2.75) is 26.3 Å². The van der Waals surface area contributed by atoms with Gasteiger partial charge in [-0.25, -0.2) is 0 Å². The van der Waals surface area contributed by atoms with E-state index in [0.717, 1.165) is 6.42 Å². The van der Waals surface area contributed by atoms with Gasteiger partial charge in [0.25, 0.3) is 0 Å². The highest BCUT2D eigenvalue weighted by atomic mass is 16.1. The zero-order chi connectivity index (χ0) is 6.57. The maximum absolute atomic E-state index is 9.86. The Kier molecular flexibility index (Phi) is 3.44. The summed E-state index contributed by atoms with van der Waals surface area (Å²) < 4.78 is 0. The van der Waals surface area contributed by atoms with Crippen molar-refractivity contribution in [3.05, 3.63) is 0 Å². The maximum Gasteiger partial charge on any atom is 0.216 e. The molecule has 0 bridgehead atoms. The number of rotatable bonds is 3.